The normalized spacial score (nSPS) is 19.9. The molecule has 0 aliphatic heterocycles. The summed E-state index contributed by atoms with van der Waals surface area (Å²) in [5.74, 6) is 0. The Morgan fingerprint density at radius 1 is 0.810 bits per heavy atom. The molecule has 0 radical (unpaired) electrons. The molecule has 2 rings (SSSR count). The van der Waals surface area contributed by atoms with Crippen LogP contribution in [0.25, 0.3) is 5.53 Å². The average molecular weight is 342 g/mol. The monoisotopic (exact) mass is 342 g/mol. The van der Waals surface area contributed by atoms with Gasteiger partial charge < -0.3 is 5.53 Å². The van der Waals surface area contributed by atoms with Crippen molar-refractivity contribution in [2.45, 2.75) is 61.9 Å². The van der Waals surface area contributed by atoms with Crippen molar-refractivity contribution < 1.29 is 30.7 Å². The van der Waals surface area contributed by atoms with Gasteiger partial charge >= 0.3 is 0 Å². The summed E-state index contributed by atoms with van der Waals surface area (Å²) < 4.78 is 58.5. The fraction of sp³-hybridized carbons (Fsp3) is 0.909. The van der Waals surface area contributed by atoms with Crippen LogP contribution in [0, 0.1) is 0 Å². The standard InChI is InChI=1S/2C5H10O3S.CH2N2/c2*6-9(7,8)5-3-1-2-4-5;1-3-2/h2*5H,1-4H2,(H,6,7,8);1H2. The van der Waals surface area contributed by atoms with E-state index in [1.807, 2.05) is 0 Å². The summed E-state index contributed by atoms with van der Waals surface area (Å²) in [5, 5.41) is -0.921. The second-order valence-electron chi connectivity index (χ2n) is 4.98. The van der Waals surface area contributed by atoms with Crippen molar-refractivity contribution in [2.75, 3.05) is 0 Å². The van der Waals surface area contributed by atoms with Crippen molar-refractivity contribution in [1.29, 1.82) is 0 Å². The topological polar surface area (TPSA) is 145 Å². The van der Waals surface area contributed by atoms with Crippen LogP contribution in [0.4, 0.5) is 0 Å². The second-order valence-corrected chi connectivity index (χ2v) is 8.38. The molecule has 0 aromatic rings. The molecule has 2 aliphatic rings. The van der Waals surface area contributed by atoms with Crippen molar-refractivity contribution >= 4 is 27.0 Å². The third-order valence-electron chi connectivity index (χ3n) is 3.45. The molecular formula is C11H22N2O6S2. The minimum absolute atomic E-state index is 0.461. The maximum absolute atomic E-state index is 10.4. The molecule has 124 valence electrons. The molecule has 0 saturated heterocycles. The predicted molar refractivity (Wildman–Crippen MR) is 78.3 cm³/mol. The van der Waals surface area contributed by atoms with Crippen LogP contribution in [0.5, 0.6) is 0 Å². The highest BCUT2D eigenvalue weighted by Crippen LogP contribution is 2.24. The van der Waals surface area contributed by atoms with E-state index in [4.69, 9.17) is 14.6 Å². The van der Waals surface area contributed by atoms with E-state index in [0.717, 1.165) is 25.7 Å². The van der Waals surface area contributed by atoms with E-state index in [2.05, 4.69) is 11.5 Å². The molecule has 0 bridgehead atoms. The summed E-state index contributed by atoms with van der Waals surface area (Å²) in [5.41, 5.74) is 7.08. The summed E-state index contributed by atoms with van der Waals surface area (Å²) in [6.45, 7) is 2.67. The van der Waals surface area contributed by atoms with E-state index in [1.165, 1.54) is 0 Å². The van der Waals surface area contributed by atoms with Crippen molar-refractivity contribution in [2.24, 2.45) is 0 Å². The summed E-state index contributed by atoms with van der Waals surface area (Å²) in [6.07, 6.45) is 6.29. The third-order valence-corrected chi connectivity index (χ3v) is 6.07. The lowest BCUT2D eigenvalue weighted by atomic mass is 10.4. The van der Waals surface area contributed by atoms with Crippen LogP contribution in [0.2, 0.25) is 0 Å². The van der Waals surface area contributed by atoms with Crippen molar-refractivity contribution in [1.82, 2.24) is 0 Å². The Morgan fingerprint density at radius 3 is 1.10 bits per heavy atom. The molecule has 0 unspecified atom stereocenters. The van der Waals surface area contributed by atoms with Gasteiger partial charge in [0.15, 0.2) is 0 Å². The molecule has 2 saturated carbocycles. The first-order chi connectivity index (χ1) is 9.62. The zero-order valence-corrected chi connectivity index (χ0v) is 13.4. The van der Waals surface area contributed by atoms with Gasteiger partial charge in [0.1, 0.15) is 0 Å². The fourth-order valence-corrected chi connectivity index (χ4v) is 4.23. The van der Waals surface area contributed by atoms with Gasteiger partial charge in [-0.25, -0.2) is 0 Å². The lowest BCUT2D eigenvalue weighted by molar-refractivity contribution is 0.0110. The van der Waals surface area contributed by atoms with E-state index in [9.17, 15) is 16.8 Å². The molecule has 2 N–H and O–H groups in total. The highest BCUT2D eigenvalue weighted by atomic mass is 32.2. The van der Waals surface area contributed by atoms with Crippen molar-refractivity contribution in [3.8, 4) is 0 Å². The van der Waals surface area contributed by atoms with Gasteiger partial charge in [-0.05, 0) is 25.7 Å². The SMILES string of the molecule is C=[N+]=[N-].O=S(=O)(O)C1CCCC1.O=S(=O)(O)C1CCCC1. The lowest BCUT2D eigenvalue weighted by Gasteiger charge is -2.01. The van der Waals surface area contributed by atoms with E-state index >= 15 is 0 Å². The zero-order valence-electron chi connectivity index (χ0n) is 11.8. The van der Waals surface area contributed by atoms with E-state index in [1.54, 1.807) is 0 Å². The average Bonchev–Trinajstić information content (AvgIpc) is 3.03. The van der Waals surface area contributed by atoms with Gasteiger partial charge in [0.05, 0.1) is 10.5 Å². The molecule has 8 nitrogen and oxygen atoms in total. The van der Waals surface area contributed by atoms with Gasteiger partial charge in [0.2, 0.25) is 6.72 Å². The maximum atomic E-state index is 10.4. The van der Waals surface area contributed by atoms with Crippen molar-refractivity contribution in [3.63, 3.8) is 0 Å². The van der Waals surface area contributed by atoms with Crippen LogP contribution < -0.4 is 0 Å². The lowest BCUT2D eigenvalue weighted by Crippen LogP contribution is -2.15. The van der Waals surface area contributed by atoms with Crippen LogP contribution in [0.15, 0.2) is 0 Å². The summed E-state index contributed by atoms with van der Waals surface area (Å²) >= 11 is 0. The third kappa shape index (κ3) is 8.94. The second kappa shape index (κ2) is 9.26. The van der Waals surface area contributed by atoms with Crippen LogP contribution >= 0.6 is 0 Å². The van der Waals surface area contributed by atoms with Crippen LogP contribution in [-0.2, 0) is 20.2 Å². The Kier molecular flexibility index (Phi) is 8.91. The Balaban J connectivity index is 0.000000322. The summed E-state index contributed by atoms with van der Waals surface area (Å²) in [7, 11) is -7.41. The van der Waals surface area contributed by atoms with Crippen LogP contribution in [0.3, 0.4) is 0 Å². The first-order valence-electron chi connectivity index (χ1n) is 6.65. The fourth-order valence-electron chi connectivity index (χ4n) is 2.37. The predicted octanol–water partition coefficient (Wildman–Crippen LogP) is 1.55. The van der Waals surface area contributed by atoms with Gasteiger partial charge in [0, 0.05) is 0 Å². The van der Waals surface area contributed by atoms with E-state index in [0.29, 0.717) is 25.7 Å². The number of hydrogen-bond donors (Lipinski definition) is 2. The summed E-state index contributed by atoms with van der Waals surface area (Å²) in [6, 6.07) is 0. The van der Waals surface area contributed by atoms with Gasteiger partial charge in [-0.15, -0.1) is 0 Å². The summed E-state index contributed by atoms with van der Waals surface area (Å²) in [4.78, 5) is 2.25. The van der Waals surface area contributed by atoms with E-state index in [-0.39, 0.29) is 0 Å². The quantitative estimate of drug-likeness (QED) is 0.337. The molecule has 2 aliphatic carbocycles. The largest absolute Gasteiger partial charge is 0.362 e. The molecule has 10 heteroatoms. The molecule has 21 heavy (non-hydrogen) atoms. The first-order valence-corrected chi connectivity index (χ1v) is 9.66. The molecule has 0 aromatic heterocycles. The molecule has 2 fully saturated rings. The Labute approximate surface area is 125 Å². The Hall–Kier alpha value is -0.800. The van der Waals surface area contributed by atoms with Gasteiger partial charge in [0.25, 0.3) is 20.2 Å². The smallest absolute Gasteiger partial charge is 0.267 e. The highest BCUT2D eigenvalue weighted by Gasteiger charge is 2.26. The van der Waals surface area contributed by atoms with E-state index < -0.39 is 30.7 Å². The number of hydrogen-bond acceptors (Lipinski definition) is 4. The molecule has 0 spiro atoms. The molecule has 0 heterocycles. The number of nitrogens with zero attached hydrogens (tertiary/aromatic N) is 2. The minimum atomic E-state index is -3.70. The molecule has 0 aromatic carbocycles. The highest BCUT2D eigenvalue weighted by molar-refractivity contribution is 7.86. The Morgan fingerprint density at radius 2 is 1.00 bits per heavy atom. The Bertz CT molecular complexity index is 481. The van der Waals surface area contributed by atoms with Gasteiger partial charge in [-0.1, -0.05) is 25.7 Å². The van der Waals surface area contributed by atoms with Crippen molar-refractivity contribution in [3.05, 3.63) is 5.53 Å². The zero-order chi connectivity index (χ0) is 16.5. The molecular weight excluding hydrogens is 320 g/mol. The molecule has 0 atom stereocenters. The number of rotatable bonds is 2. The minimum Gasteiger partial charge on any atom is -0.362 e. The first kappa shape index (κ1) is 20.2. The van der Waals surface area contributed by atoms with Gasteiger partial charge in [-0.3, -0.25) is 9.11 Å². The van der Waals surface area contributed by atoms with Crippen LogP contribution in [-0.4, -0.2) is 47.9 Å². The van der Waals surface area contributed by atoms with Crippen LogP contribution in [0.1, 0.15) is 51.4 Å². The maximum Gasteiger partial charge on any atom is 0.267 e. The molecule has 0 amide bonds. The van der Waals surface area contributed by atoms with Gasteiger partial charge in [-0.2, -0.15) is 21.6 Å².